The molecule has 1 heteroatoms. The average Bonchev–Trinajstić information content (AvgIpc) is 2.45. The first kappa shape index (κ1) is 9.79. The first-order valence-corrected chi connectivity index (χ1v) is 5.09. The molecule has 0 aromatic heterocycles. The van der Waals surface area contributed by atoms with Crippen molar-refractivity contribution in [2.45, 2.75) is 51.0 Å². The summed E-state index contributed by atoms with van der Waals surface area (Å²) in [6, 6.07) is 0. The van der Waals surface area contributed by atoms with Gasteiger partial charge in [0.15, 0.2) is 0 Å². The van der Waals surface area contributed by atoms with Crippen LogP contribution in [0, 0.1) is 5.92 Å². The van der Waals surface area contributed by atoms with Gasteiger partial charge in [-0.05, 0) is 31.6 Å². The second-order valence-electron chi connectivity index (χ2n) is 3.93. The highest BCUT2D eigenvalue weighted by Gasteiger charge is 2.37. The van der Waals surface area contributed by atoms with Gasteiger partial charge in [0.1, 0.15) is 0 Å². The fourth-order valence-corrected chi connectivity index (χ4v) is 2.20. The van der Waals surface area contributed by atoms with Crippen molar-refractivity contribution in [3.8, 4) is 0 Å². The van der Waals surface area contributed by atoms with Gasteiger partial charge in [-0.2, -0.15) is 0 Å². The molecular formula is C11H20O. The number of hydrogen-bond acceptors (Lipinski definition) is 1. The lowest BCUT2D eigenvalue weighted by Crippen LogP contribution is -2.30. The maximum atomic E-state index is 10.1. The van der Waals surface area contributed by atoms with E-state index in [4.69, 9.17) is 0 Å². The summed E-state index contributed by atoms with van der Waals surface area (Å²) in [4.78, 5) is 0. The molecule has 0 saturated heterocycles. The monoisotopic (exact) mass is 168 g/mol. The lowest BCUT2D eigenvalue weighted by Gasteiger charge is -2.26. The standard InChI is InChI=1S/C11H20O/c1-3-5-7-10-8-6-9-11(10,12)4-2/h4,10,12H,2-3,5-9H2,1H3. The molecule has 1 aliphatic rings. The maximum Gasteiger partial charge on any atom is 0.0853 e. The van der Waals surface area contributed by atoms with Crippen molar-refractivity contribution < 1.29 is 5.11 Å². The molecule has 70 valence electrons. The average molecular weight is 168 g/mol. The third-order valence-corrected chi connectivity index (χ3v) is 3.10. The molecule has 1 rings (SSSR count). The lowest BCUT2D eigenvalue weighted by atomic mass is 9.87. The zero-order chi connectivity index (χ0) is 9.03. The molecule has 2 atom stereocenters. The summed E-state index contributed by atoms with van der Waals surface area (Å²) >= 11 is 0. The molecule has 0 aromatic rings. The van der Waals surface area contributed by atoms with Crippen molar-refractivity contribution in [2.75, 3.05) is 0 Å². The number of aliphatic hydroxyl groups is 1. The fourth-order valence-electron chi connectivity index (χ4n) is 2.20. The summed E-state index contributed by atoms with van der Waals surface area (Å²) in [6.07, 6.45) is 8.65. The van der Waals surface area contributed by atoms with E-state index in [1.54, 1.807) is 6.08 Å². The zero-order valence-electron chi connectivity index (χ0n) is 8.05. The number of unbranched alkanes of at least 4 members (excludes halogenated alkanes) is 1. The van der Waals surface area contributed by atoms with Gasteiger partial charge in [-0.1, -0.05) is 25.8 Å². The Morgan fingerprint density at radius 3 is 3.00 bits per heavy atom. The van der Waals surface area contributed by atoms with Crippen LogP contribution in [0.5, 0.6) is 0 Å². The SMILES string of the molecule is C=CC1(O)CCCC1CCCC. The summed E-state index contributed by atoms with van der Waals surface area (Å²) < 4.78 is 0. The van der Waals surface area contributed by atoms with Crippen LogP contribution >= 0.6 is 0 Å². The Morgan fingerprint density at radius 1 is 1.67 bits per heavy atom. The lowest BCUT2D eigenvalue weighted by molar-refractivity contribution is 0.0467. The Morgan fingerprint density at radius 2 is 2.42 bits per heavy atom. The molecule has 0 bridgehead atoms. The molecule has 1 saturated carbocycles. The summed E-state index contributed by atoms with van der Waals surface area (Å²) in [7, 11) is 0. The van der Waals surface area contributed by atoms with Gasteiger partial charge in [0.05, 0.1) is 5.60 Å². The second kappa shape index (κ2) is 4.08. The minimum atomic E-state index is -0.533. The predicted octanol–water partition coefficient (Wildman–Crippen LogP) is 2.89. The van der Waals surface area contributed by atoms with E-state index in [0.29, 0.717) is 5.92 Å². The van der Waals surface area contributed by atoms with Gasteiger partial charge in [0, 0.05) is 0 Å². The van der Waals surface area contributed by atoms with Crippen LogP contribution in [-0.2, 0) is 0 Å². The van der Waals surface area contributed by atoms with Crippen molar-refractivity contribution in [3.05, 3.63) is 12.7 Å². The molecular weight excluding hydrogens is 148 g/mol. The van der Waals surface area contributed by atoms with E-state index in [9.17, 15) is 5.11 Å². The third-order valence-electron chi connectivity index (χ3n) is 3.10. The third kappa shape index (κ3) is 1.89. The minimum absolute atomic E-state index is 0.481. The molecule has 1 fully saturated rings. The van der Waals surface area contributed by atoms with Crippen LogP contribution in [0.1, 0.15) is 45.4 Å². The smallest absolute Gasteiger partial charge is 0.0853 e. The first-order chi connectivity index (χ1) is 5.73. The van der Waals surface area contributed by atoms with Crippen molar-refractivity contribution in [3.63, 3.8) is 0 Å². The molecule has 1 aliphatic carbocycles. The van der Waals surface area contributed by atoms with Crippen LogP contribution < -0.4 is 0 Å². The van der Waals surface area contributed by atoms with Gasteiger partial charge in [-0.15, -0.1) is 6.58 Å². The van der Waals surface area contributed by atoms with E-state index in [2.05, 4.69) is 13.5 Å². The van der Waals surface area contributed by atoms with Crippen molar-refractivity contribution in [1.82, 2.24) is 0 Å². The van der Waals surface area contributed by atoms with Gasteiger partial charge >= 0.3 is 0 Å². The molecule has 0 aromatic carbocycles. The molecule has 1 nitrogen and oxygen atoms in total. The van der Waals surface area contributed by atoms with E-state index < -0.39 is 5.60 Å². The quantitative estimate of drug-likeness (QED) is 0.640. The Kier molecular flexibility index (Phi) is 3.33. The van der Waals surface area contributed by atoms with Crippen molar-refractivity contribution >= 4 is 0 Å². The fraction of sp³-hybridized carbons (Fsp3) is 0.818. The maximum absolute atomic E-state index is 10.1. The molecule has 12 heavy (non-hydrogen) atoms. The van der Waals surface area contributed by atoms with Crippen LogP contribution in [-0.4, -0.2) is 10.7 Å². The number of hydrogen-bond donors (Lipinski definition) is 1. The van der Waals surface area contributed by atoms with Gasteiger partial charge < -0.3 is 5.11 Å². The van der Waals surface area contributed by atoms with E-state index in [-0.39, 0.29) is 0 Å². The summed E-state index contributed by atoms with van der Waals surface area (Å²) in [6.45, 7) is 5.92. The van der Waals surface area contributed by atoms with E-state index >= 15 is 0 Å². The van der Waals surface area contributed by atoms with Gasteiger partial charge in [-0.25, -0.2) is 0 Å². The zero-order valence-corrected chi connectivity index (χ0v) is 8.05. The molecule has 0 aliphatic heterocycles. The molecule has 0 spiro atoms. The van der Waals surface area contributed by atoms with E-state index in [1.807, 2.05) is 0 Å². The van der Waals surface area contributed by atoms with Crippen LogP contribution in [0.2, 0.25) is 0 Å². The first-order valence-electron chi connectivity index (χ1n) is 5.09. The molecule has 0 amide bonds. The van der Waals surface area contributed by atoms with Crippen LogP contribution in [0.25, 0.3) is 0 Å². The minimum Gasteiger partial charge on any atom is -0.386 e. The molecule has 0 heterocycles. The highest BCUT2D eigenvalue weighted by molar-refractivity contribution is 5.04. The Hall–Kier alpha value is -0.300. The van der Waals surface area contributed by atoms with E-state index in [1.165, 1.54) is 25.7 Å². The van der Waals surface area contributed by atoms with Gasteiger partial charge in [-0.3, -0.25) is 0 Å². The topological polar surface area (TPSA) is 20.2 Å². The highest BCUT2D eigenvalue weighted by Crippen LogP contribution is 2.39. The summed E-state index contributed by atoms with van der Waals surface area (Å²) in [5, 5.41) is 10.1. The molecule has 2 unspecified atom stereocenters. The molecule has 1 N–H and O–H groups in total. The van der Waals surface area contributed by atoms with Crippen LogP contribution in [0.15, 0.2) is 12.7 Å². The van der Waals surface area contributed by atoms with Crippen LogP contribution in [0.4, 0.5) is 0 Å². The number of rotatable bonds is 4. The van der Waals surface area contributed by atoms with Gasteiger partial charge in [0.25, 0.3) is 0 Å². The predicted molar refractivity (Wildman–Crippen MR) is 52.0 cm³/mol. The highest BCUT2D eigenvalue weighted by atomic mass is 16.3. The second-order valence-corrected chi connectivity index (χ2v) is 3.93. The Bertz CT molecular complexity index is 153. The Labute approximate surface area is 75.5 Å². The summed E-state index contributed by atoms with van der Waals surface area (Å²) in [5.41, 5.74) is -0.533. The molecule has 0 radical (unpaired) electrons. The van der Waals surface area contributed by atoms with Crippen molar-refractivity contribution in [2.24, 2.45) is 5.92 Å². The van der Waals surface area contributed by atoms with Gasteiger partial charge in [0.2, 0.25) is 0 Å². The van der Waals surface area contributed by atoms with Crippen LogP contribution in [0.3, 0.4) is 0 Å². The van der Waals surface area contributed by atoms with Crippen molar-refractivity contribution in [1.29, 1.82) is 0 Å². The normalized spacial score (nSPS) is 35.3. The Balaban J connectivity index is 2.46. The largest absolute Gasteiger partial charge is 0.386 e. The van der Waals surface area contributed by atoms with E-state index in [0.717, 1.165) is 12.8 Å². The summed E-state index contributed by atoms with van der Waals surface area (Å²) in [5.74, 6) is 0.481.